The molecule has 0 aromatic carbocycles. The van der Waals surface area contributed by atoms with Crippen molar-refractivity contribution < 1.29 is 5.11 Å². The molecule has 84 valence electrons. The van der Waals surface area contributed by atoms with Gasteiger partial charge in [-0.05, 0) is 31.1 Å². The highest BCUT2D eigenvalue weighted by Gasteiger charge is 2.17. The number of rotatable bonds is 5. The van der Waals surface area contributed by atoms with Gasteiger partial charge in [-0.25, -0.2) is 0 Å². The van der Waals surface area contributed by atoms with Gasteiger partial charge in [0.1, 0.15) is 0 Å². The fourth-order valence-electron chi connectivity index (χ4n) is 2.45. The molecule has 0 saturated heterocycles. The molecule has 1 rings (SSSR count). The Morgan fingerprint density at radius 1 is 1.07 bits per heavy atom. The predicted molar refractivity (Wildman–Crippen MR) is 61.3 cm³/mol. The minimum atomic E-state index is -0.0273. The lowest BCUT2D eigenvalue weighted by molar-refractivity contribution is 0.116. The Labute approximate surface area is 88.9 Å². The molecule has 1 unspecified atom stereocenters. The SMILES string of the molecule is CC(C)CCC(O)CC1CCCCC1. The molecule has 0 amide bonds. The maximum atomic E-state index is 9.85. The Morgan fingerprint density at radius 2 is 1.71 bits per heavy atom. The zero-order chi connectivity index (χ0) is 10.4. The van der Waals surface area contributed by atoms with Gasteiger partial charge in [0.05, 0.1) is 6.10 Å². The standard InChI is InChI=1S/C13H26O/c1-11(2)8-9-13(14)10-12-6-4-3-5-7-12/h11-14H,3-10H2,1-2H3. The van der Waals surface area contributed by atoms with Gasteiger partial charge >= 0.3 is 0 Å². The second kappa shape index (κ2) is 6.44. The van der Waals surface area contributed by atoms with Crippen molar-refractivity contribution in [3.05, 3.63) is 0 Å². The van der Waals surface area contributed by atoms with Crippen LogP contribution in [0.1, 0.15) is 65.2 Å². The largest absolute Gasteiger partial charge is 0.393 e. The summed E-state index contributed by atoms with van der Waals surface area (Å²) in [6, 6.07) is 0. The van der Waals surface area contributed by atoms with Gasteiger partial charge in [0.15, 0.2) is 0 Å². The first-order valence-corrected chi connectivity index (χ1v) is 6.36. The fourth-order valence-corrected chi connectivity index (χ4v) is 2.45. The molecular weight excluding hydrogens is 172 g/mol. The van der Waals surface area contributed by atoms with E-state index in [0.717, 1.165) is 24.7 Å². The topological polar surface area (TPSA) is 20.2 Å². The lowest BCUT2D eigenvalue weighted by Gasteiger charge is -2.24. The number of aliphatic hydroxyl groups is 1. The maximum absolute atomic E-state index is 9.85. The second-order valence-electron chi connectivity index (χ2n) is 5.36. The van der Waals surface area contributed by atoms with Crippen molar-refractivity contribution in [1.29, 1.82) is 0 Å². The van der Waals surface area contributed by atoms with Crippen LogP contribution in [0.3, 0.4) is 0 Å². The van der Waals surface area contributed by atoms with Crippen LogP contribution in [-0.4, -0.2) is 11.2 Å². The van der Waals surface area contributed by atoms with Crippen LogP contribution in [0.5, 0.6) is 0 Å². The maximum Gasteiger partial charge on any atom is 0.0543 e. The lowest BCUT2D eigenvalue weighted by atomic mass is 9.84. The molecule has 1 fully saturated rings. The van der Waals surface area contributed by atoms with Crippen LogP contribution in [0.15, 0.2) is 0 Å². The van der Waals surface area contributed by atoms with E-state index in [9.17, 15) is 5.11 Å². The van der Waals surface area contributed by atoms with Crippen LogP contribution in [0.25, 0.3) is 0 Å². The number of aliphatic hydroxyl groups excluding tert-OH is 1. The molecule has 0 radical (unpaired) electrons. The molecule has 0 heterocycles. The van der Waals surface area contributed by atoms with Crippen LogP contribution in [0.2, 0.25) is 0 Å². The molecule has 14 heavy (non-hydrogen) atoms. The van der Waals surface area contributed by atoms with Crippen LogP contribution in [0, 0.1) is 11.8 Å². The molecule has 0 aromatic rings. The van der Waals surface area contributed by atoms with Crippen molar-refractivity contribution in [2.24, 2.45) is 11.8 Å². The number of hydrogen-bond acceptors (Lipinski definition) is 1. The highest BCUT2D eigenvalue weighted by molar-refractivity contribution is 4.70. The van der Waals surface area contributed by atoms with E-state index < -0.39 is 0 Å². The van der Waals surface area contributed by atoms with Gasteiger partial charge < -0.3 is 5.11 Å². The van der Waals surface area contributed by atoms with E-state index in [0.29, 0.717) is 0 Å². The Hall–Kier alpha value is -0.0400. The third-order valence-corrected chi connectivity index (χ3v) is 3.41. The molecule has 1 aliphatic rings. The van der Waals surface area contributed by atoms with Crippen molar-refractivity contribution in [3.8, 4) is 0 Å². The molecule has 1 aliphatic carbocycles. The summed E-state index contributed by atoms with van der Waals surface area (Å²) in [4.78, 5) is 0. The molecule has 1 nitrogen and oxygen atoms in total. The van der Waals surface area contributed by atoms with E-state index in [1.807, 2.05) is 0 Å². The quantitative estimate of drug-likeness (QED) is 0.713. The highest BCUT2D eigenvalue weighted by Crippen LogP contribution is 2.28. The highest BCUT2D eigenvalue weighted by atomic mass is 16.3. The van der Waals surface area contributed by atoms with Crippen LogP contribution < -0.4 is 0 Å². The van der Waals surface area contributed by atoms with Gasteiger partial charge in [0.2, 0.25) is 0 Å². The van der Waals surface area contributed by atoms with Gasteiger partial charge in [-0.2, -0.15) is 0 Å². The van der Waals surface area contributed by atoms with Crippen molar-refractivity contribution in [2.75, 3.05) is 0 Å². The summed E-state index contributed by atoms with van der Waals surface area (Å²) < 4.78 is 0. The van der Waals surface area contributed by atoms with E-state index in [1.54, 1.807) is 0 Å². The fraction of sp³-hybridized carbons (Fsp3) is 1.00. The Kier molecular flexibility index (Phi) is 5.54. The average Bonchev–Trinajstić information content (AvgIpc) is 2.16. The van der Waals surface area contributed by atoms with Gasteiger partial charge in [-0.3, -0.25) is 0 Å². The first-order valence-electron chi connectivity index (χ1n) is 6.36. The number of hydrogen-bond donors (Lipinski definition) is 1. The molecule has 0 bridgehead atoms. The predicted octanol–water partition coefficient (Wildman–Crippen LogP) is 3.75. The smallest absolute Gasteiger partial charge is 0.0543 e. The van der Waals surface area contributed by atoms with E-state index in [1.165, 1.54) is 38.5 Å². The van der Waals surface area contributed by atoms with E-state index >= 15 is 0 Å². The summed E-state index contributed by atoms with van der Waals surface area (Å²) >= 11 is 0. The average molecular weight is 198 g/mol. The van der Waals surface area contributed by atoms with E-state index in [2.05, 4.69) is 13.8 Å². The first-order chi connectivity index (χ1) is 6.68. The summed E-state index contributed by atoms with van der Waals surface area (Å²) in [5.41, 5.74) is 0. The van der Waals surface area contributed by atoms with E-state index in [4.69, 9.17) is 0 Å². The Morgan fingerprint density at radius 3 is 2.29 bits per heavy atom. The van der Waals surface area contributed by atoms with Crippen molar-refractivity contribution >= 4 is 0 Å². The molecule has 1 N–H and O–H groups in total. The minimum Gasteiger partial charge on any atom is -0.393 e. The summed E-state index contributed by atoms with van der Waals surface area (Å²) in [5.74, 6) is 1.56. The summed E-state index contributed by atoms with van der Waals surface area (Å²) in [6.07, 6.45) is 10.1. The van der Waals surface area contributed by atoms with Gasteiger partial charge in [-0.1, -0.05) is 46.0 Å². The van der Waals surface area contributed by atoms with Crippen LogP contribution in [-0.2, 0) is 0 Å². The molecule has 1 atom stereocenters. The summed E-state index contributed by atoms with van der Waals surface area (Å²) in [7, 11) is 0. The Bertz CT molecular complexity index is 136. The van der Waals surface area contributed by atoms with Gasteiger partial charge in [0, 0.05) is 0 Å². The minimum absolute atomic E-state index is 0.0273. The molecule has 0 aliphatic heterocycles. The third kappa shape index (κ3) is 4.99. The first kappa shape index (κ1) is 12.0. The Balaban J connectivity index is 2.09. The normalized spacial score (nSPS) is 21.4. The summed E-state index contributed by atoms with van der Waals surface area (Å²) in [6.45, 7) is 4.46. The molecule has 0 spiro atoms. The molecular formula is C13H26O. The van der Waals surface area contributed by atoms with Crippen molar-refractivity contribution in [2.45, 2.75) is 71.3 Å². The zero-order valence-electron chi connectivity index (χ0n) is 9.84. The van der Waals surface area contributed by atoms with Crippen LogP contribution in [0.4, 0.5) is 0 Å². The monoisotopic (exact) mass is 198 g/mol. The molecule has 1 saturated carbocycles. The van der Waals surface area contributed by atoms with Gasteiger partial charge in [-0.15, -0.1) is 0 Å². The molecule has 1 heteroatoms. The zero-order valence-corrected chi connectivity index (χ0v) is 9.84. The van der Waals surface area contributed by atoms with Crippen molar-refractivity contribution in [3.63, 3.8) is 0 Å². The third-order valence-electron chi connectivity index (χ3n) is 3.41. The second-order valence-corrected chi connectivity index (χ2v) is 5.36. The summed E-state index contributed by atoms with van der Waals surface area (Å²) in [5, 5.41) is 9.85. The molecule has 0 aromatic heterocycles. The van der Waals surface area contributed by atoms with E-state index in [-0.39, 0.29) is 6.10 Å². The lowest BCUT2D eigenvalue weighted by Crippen LogP contribution is -2.16. The van der Waals surface area contributed by atoms with Crippen molar-refractivity contribution in [1.82, 2.24) is 0 Å². The van der Waals surface area contributed by atoms with Gasteiger partial charge in [0.25, 0.3) is 0 Å². The van der Waals surface area contributed by atoms with Crippen LogP contribution >= 0.6 is 0 Å².